The first kappa shape index (κ1) is 17.7. The van der Waals surface area contributed by atoms with Crippen LogP contribution in [0.1, 0.15) is 6.42 Å². The quantitative estimate of drug-likeness (QED) is 0.330. The molecule has 7 heteroatoms. The van der Waals surface area contributed by atoms with Crippen LogP contribution in [-0.4, -0.2) is 61.7 Å². The van der Waals surface area contributed by atoms with Gasteiger partial charge in [0.2, 0.25) is 0 Å². The van der Waals surface area contributed by atoms with Crippen molar-refractivity contribution in [2.75, 3.05) is 0 Å². The van der Waals surface area contributed by atoms with E-state index >= 15 is 0 Å². The van der Waals surface area contributed by atoms with Crippen molar-refractivity contribution < 1.29 is 35.1 Å². The lowest BCUT2D eigenvalue weighted by Crippen LogP contribution is -2.49. The van der Waals surface area contributed by atoms with Gasteiger partial charge in [0, 0.05) is 0 Å². The number of carboxylic acids is 1. The van der Waals surface area contributed by atoms with Crippen LogP contribution in [0.4, 0.5) is 0 Å². The number of carbonyl (C=O) groups excluding carboxylic acids is 1. The van der Waals surface area contributed by atoms with Gasteiger partial charge in [-0.25, -0.2) is 4.79 Å². The number of carbonyl (C=O) groups is 2. The summed E-state index contributed by atoms with van der Waals surface area (Å²) in [5, 5.41) is 45.4. The van der Waals surface area contributed by atoms with Crippen LogP contribution in [0.15, 0.2) is 0 Å². The van der Waals surface area contributed by atoms with Gasteiger partial charge in [0.1, 0.15) is 18.3 Å². The van der Waals surface area contributed by atoms with Gasteiger partial charge in [-0.2, -0.15) is 0 Å². The highest BCUT2D eigenvalue weighted by Crippen LogP contribution is 2.07. The van der Waals surface area contributed by atoms with Gasteiger partial charge in [-0.05, 0) is 23.7 Å². The zero-order valence-corrected chi connectivity index (χ0v) is 10.1. The van der Waals surface area contributed by atoms with Crippen molar-refractivity contribution in [1.29, 1.82) is 0 Å². The van der Waals surface area contributed by atoms with Crippen LogP contribution in [0.25, 0.3) is 0 Å². The molecule has 7 nitrogen and oxygen atoms in total. The van der Waals surface area contributed by atoms with Crippen molar-refractivity contribution in [3.63, 3.8) is 0 Å². The van der Waals surface area contributed by atoms with Gasteiger partial charge < -0.3 is 25.5 Å². The smallest absolute Gasteiger partial charge is 0.335 e. The minimum Gasteiger partial charge on any atom is -0.479 e. The zero-order chi connectivity index (χ0) is 15.7. The van der Waals surface area contributed by atoms with Crippen LogP contribution in [0.5, 0.6) is 0 Å². The standard InChI is InChI=1S/C13H12O7/c1-2-3-4-5-6-7-8(14)9(15)10(16)11(17)12(18)13(19)20/h1,9-12,15-18H,7H2,(H,19,20)/t9-,10+,11-,12-/m1/s1. The van der Waals surface area contributed by atoms with Crippen molar-refractivity contribution >= 4 is 11.8 Å². The molecular weight excluding hydrogens is 268 g/mol. The minimum absolute atomic E-state index is 0.493. The molecule has 0 aromatic rings. The Balaban J connectivity index is 4.60. The molecule has 0 bridgehead atoms. The molecule has 0 saturated carbocycles. The van der Waals surface area contributed by atoms with E-state index in [1.807, 2.05) is 5.92 Å². The summed E-state index contributed by atoms with van der Waals surface area (Å²) < 4.78 is 0. The Labute approximate surface area is 114 Å². The van der Waals surface area contributed by atoms with Gasteiger partial charge in [-0.15, -0.1) is 6.42 Å². The minimum atomic E-state index is -2.33. The zero-order valence-electron chi connectivity index (χ0n) is 10.1. The molecule has 0 spiro atoms. The summed E-state index contributed by atoms with van der Waals surface area (Å²) in [6, 6.07) is 0. The van der Waals surface area contributed by atoms with Gasteiger partial charge >= 0.3 is 5.97 Å². The van der Waals surface area contributed by atoms with Gasteiger partial charge in [-0.1, -0.05) is 5.92 Å². The first-order valence-corrected chi connectivity index (χ1v) is 5.24. The summed E-state index contributed by atoms with van der Waals surface area (Å²) in [7, 11) is 0. The number of hydrogen-bond acceptors (Lipinski definition) is 6. The lowest BCUT2D eigenvalue weighted by atomic mass is 9.99. The van der Waals surface area contributed by atoms with Gasteiger partial charge in [0.15, 0.2) is 11.9 Å². The third kappa shape index (κ3) is 5.53. The fraction of sp³-hybridized carbons (Fsp3) is 0.385. The van der Waals surface area contributed by atoms with Crippen molar-refractivity contribution in [2.45, 2.75) is 30.8 Å². The van der Waals surface area contributed by atoms with Crippen LogP contribution >= 0.6 is 0 Å². The van der Waals surface area contributed by atoms with Crippen LogP contribution in [0.3, 0.4) is 0 Å². The molecule has 0 aliphatic heterocycles. The third-order valence-corrected chi connectivity index (χ3v) is 2.13. The van der Waals surface area contributed by atoms with Crippen molar-refractivity contribution in [1.82, 2.24) is 0 Å². The number of carboxylic acid groups (broad SMARTS) is 1. The van der Waals surface area contributed by atoms with E-state index in [-0.39, 0.29) is 0 Å². The summed E-state index contributed by atoms with van der Waals surface area (Å²) >= 11 is 0. The summed E-state index contributed by atoms with van der Waals surface area (Å²) in [5.41, 5.74) is 0. The Hall–Kier alpha value is -2.34. The maximum atomic E-state index is 11.4. The molecule has 0 unspecified atom stereocenters. The average molecular weight is 280 g/mol. The molecule has 0 rings (SSSR count). The largest absolute Gasteiger partial charge is 0.479 e. The van der Waals surface area contributed by atoms with E-state index < -0.39 is 42.6 Å². The lowest BCUT2D eigenvalue weighted by Gasteiger charge is -2.23. The number of hydrogen-bond donors (Lipinski definition) is 5. The summed E-state index contributed by atoms with van der Waals surface area (Å²) in [4.78, 5) is 21.7. The molecule has 0 aliphatic carbocycles. The molecule has 106 valence electrons. The first-order chi connectivity index (χ1) is 9.32. The second-order valence-electron chi connectivity index (χ2n) is 3.55. The molecule has 0 saturated heterocycles. The molecule has 0 heterocycles. The number of ketones is 1. The second kappa shape index (κ2) is 8.71. The van der Waals surface area contributed by atoms with Gasteiger partial charge in [0.25, 0.3) is 0 Å². The van der Waals surface area contributed by atoms with Crippen molar-refractivity contribution in [3.8, 4) is 36.0 Å². The molecule has 0 aromatic heterocycles. The maximum Gasteiger partial charge on any atom is 0.335 e. The van der Waals surface area contributed by atoms with Crippen molar-refractivity contribution in [3.05, 3.63) is 0 Å². The Bertz CT molecular complexity index is 523. The molecule has 0 radical (unpaired) electrons. The Morgan fingerprint density at radius 2 is 1.50 bits per heavy atom. The van der Waals surface area contributed by atoms with Crippen LogP contribution in [-0.2, 0) is 9.59 Å². The number of aliphatic hydroxyl groups is 4. The van der Waals surface area contributed by atoms with Crippen LogP contribution in [0.2, 0.25) is 0 Å². The van der Waals surface area contributed by atoms with Crippen molar-refractivity contribution in [2.24, 2.45) is 0 Å². The Morgan fingerprint density at radius 1 is 0.950 bits per heavy atom. The number of terminal acetylenes is 1. The Kier molecular flexibility index (Phi) is 7.69. The summed E-state index contributed by atoms with van der Waals surface area (Å²) in [5.74, 6) is 8.03. The number of aliphatic hydroxyl groups excluding tert-OH is 4. The fourth-order valence-corrected chi connectivity index (χ4v) is 1.06. The third-order valence-electron chi connectivity index (χ3n) is 2.13. The summed E-state index contributed by atoms with van der Waals surface area (Å²) in [6.07, 6.45) is -4.48. The molecule has 5 N–H and O–H groups in total. The molecule has 0 aliphatic rings. The Morgan fingerprint density at radius 3 is 2.00 bits per heavy atom. The maximum absolute atomic E-state index is 11.4. The fourth-order valence-electron chi connectivity index (χ4n) is 1.06. The lowest BCUT2D eigenvalue weighted by molar-refractivity contribution is -0.165. The average Bonchev–Trinajstić information content (AvgIpc) is 2.43. The normalized spacial score (nSPS) is 15.2. The van der Waals surface area contributed by atoms with E-state index in [4.69, 9.17) is 16.6 Å². The van der Waals surface area contributed by atoms with E-state index in [0.717, 1.165) is 0 Å². The summed E-state index contributed by atoms with van der Waals surface area (Å²) in [6.45, 7) is 0. The first-order valence-electron chi connectivity index (χ1n) is 5.24. The highest BCUT2D eigenvalue weighted by molar-refractivity contribution is 5.86. The molecule has 20 heavy (non-hydrogen) atoms. The van der Waals surface area contributed by atoms with E-state index in [0.29, 0.717) is 0 Å². The van der Waals surface area contributed by atoms with E-state index in [9.17, 15) is 24.9 Å². The number of aliphatic carboxylic acids is 1. The van der Waals surface area contributed by atoms with Gasteiger partial charge in [0.05, 0.1) is 6.42 Å². The second-order valence-corrected chi connectivity index (χ2v) is 3.55. The highest BCUT2D eigenvalue weighted by Gasteiger charge is 2.36. The number of rotatable bonds is 6. The molecular formula is C13H12O7. The van der Waals surface area contributed by atoms with E-state index in [1.165, 1.54) is 0 Å². The predicted octanol–water partition coefficient (Wildman–Crippen LogP) is -2.89. The SMILES string of the molecule is C#CC#CC#CCC(=O)[C@@H](O)[C@H](O)[C@@H](O)[C@@H](O)C(=O)O. The monoisotopic (exact) mass is 280 g/mol. The topological polar surface area (TPSA) is 135 Å². The molecule has 0 fully saturated rings. The van der Waals surface area contributed by atoms with Crippen LogP contribution in [0, 0.1) is 36.0 Å². The highest BCUT2D eigenvalue weighted by atomic mass is 16.4. The van der Waals surface area contributed by atoms with E-state index in [2.05, 4.69) is 23.7 Å². The molecule has 0 aromatic carbocycles. The van der Waals surface area contributed by atoms with Gasteiger partial charge in [-0.3, -0.25) is 4.79 Å². The number of Topliss-reactive ketones (excluding diaryl/α,β-unsaturated/α-hetero) is 1. The van der Waals surface area contributed by atoms with Crippen LogP contribution < -0.4 is 0 Å². The molecule has 4 atom stereocenters. The molecule has 0 amide bonds. The van der Waals surface area contributed by atoms with E-state index in [1.54, 1.807) is 0 Å². The predicted molar refractivity (Wildman–Crippen MR) is 65.7 cm³/mol.